The van der Waals surface area contributed by atoms with Gasteiger partial charge < -0.3 is 5.32 Å². The number of hydrogen-bond acceptors (Lipinski definition) is 5. The molecule has 1 amide bonds. The zero-order valence-corrected chi connectivity index (χ0v) is 12.7. The fraction of sp³-hybridized carbons (Fsp3) is 0.357. The molecule has 0 unspecified atom stereocenters. The highest BCUT2D eigenvalue weighted by Gasteiger charge is 2.09. The molecule has 0 spiro atoms. The van der Waals surface area contributed by atoms with Crippen LogP contribution in [0.4, 0.5) is 0 Å². The van der Waals surface area contributed by atoms with Gasteiger partial charge in [-0.3, -0.25) is 19.0 Å². The molecule has 2 heterocycles. The molecule has 0 saturated heterocycles. The highest BCUT2D eigenvalue weighted by atomic mass is 16.2. The van der Waals surface area contributed by atoms with Crippen LogP contribution in [0.15, 0.2) is 28.0 Å². The van der Waals surface area contributed by atoms with Gasteiger partial charge in [0.25, 0.3) is 17.0 Å². The van der Waals surface area contributed by atoms with Crippen molar-refractivity contribution < 1.29 is 4.79 Å². The summed E-state index contributed by atoms with van der Waals surface area (Å²) in [5.74, 6) is -0.402. The van der Waals surface area contributed by atoms with Crippen LogP contribution in [0.3, 0.4) is 0 Å². The van der Waals surface area contributed by atoms with Gasteiger partial charge in [-0.25, -0.2) is 9.67 Å². The molecule has 0 aromatic carbocycles. The lowest BCUT2D eigenvalue weighted by molar-refractivity contribution is 0.0945. The largest absolute Gasteiger partial charge is 0.349 e. The number of amides is 1. The minimum absolute atomic E-state index is 0.123. The van der Waals surface area contributed by atoms with Crippen LogP contribution in [0, 0.1) is 13.8 Å². The van der Waals surface area contributed by atoms with Crippen LogP contribution in [0.25, 0.3) is 0 Å². The van der Waals surface area contributed by atoms with E-state index in [1.54, 1.807) is 13.8 Å². The summed E-state index contributed by atoms with van der Waals surface area (Å²) in [5.41, 5.74) is 1.02. The summed E-state index contributed by atoms with van der Waals surface area (Å²) in [6.45, 7) is 4.06. The normalized spacial score (nSPS) is 10.5. The molecule has 0 aliphatic rings. The Morgan fingerprint density at radius 1 is 1.27 bits per heavy atom. The van der Waals surface area contributed by atoms with E-state index in [0.29, 0.717) is 17.8 Å². The maximum absolute atomic E-state index is 12.0. The first kappa shape index (κ1) is 15.6. The van der Waals surface area contributed by atoms with E-state index in [0.717, 1.165) is 4.68 Å². The lowest BCUT2D eigenvalue weighted by Gasteiger charge is -2.09. The van der Waals surface area contributed by atoms with Crippen LogP contribution in [0.1, 0.15) is 21.7 Å². The van der Waals surface area contributed by atoms with Crippen molar-refractivity contribution in [3.8, 4) is 0 Å². The van der Waals surface area contributed by atoms with E-state index in [4.69, 9.17) is 0 Å². The number of nitrogens with zero attached hydrogens (tertiary/aromatic N) is 4. The van der Waals surface area contributed by atoms with E-state index in [1.165, 1.54) is 30.1 Å². The Morgan fingerprint density at radius 3 is 2.68 bits per heavy atom. The van der Waals surface area contributed by atoms with Crippen molar-refractivity contribution in [1.29, 1.82) is 0 Å². The number of hydrogen-bond donors (Lipinski definition) is 1. The summed E-state index contributed by atoms with van der Waals surface area (Å²) < 4.78 is 2.53. The van der Waals surface area contributed by atoms with Gasteiger partial charge in [-0.2, -0.15) is 5.10 Å². The lowest BCUT2D eigenvalue weighted by Crippen LogP contribution is -2.33. The standard InChI is InChI=1S/C14H17N5O3/c1-9-10(2)16-8-19(14(9)22)7-6-15-13(21)11-4-5-12(20)18(3)17-11/h4-5,8H,6-7H2,1-3H3,(H,15,21). The van der Waals surface area contributed by atoms with Crippen molar-refractivity contribution in [2.45, 2.75) is 20.4 Å². The zero-order valence-electron chi connectivity index (χ0n) is 12.7. The first-order chi connectivity index (χ1) is 10.4. The molecule has 1 N–H and O–H groups in total. The van der Waals surface area contributed by atoms with Crippen molar-refractivity contribution in [1.82, 2.24) is 24.6 Å². The highest BCUT2D eigenvalue weighted by Crippen LogP contribution is 1.94. The Balaban J connectivity index is 2.00. The molecule has 22 heavy (non-hydrogen) atoms. The second-order valence-electron chi connectivity index (χ2n) is 4.89. The first-order valence-electron chi connectivity index (χ1n) is 6.75. The van der Waals surface area contributed by atoms with E-state index in [2.05, 4.69) is 15.4 Å². The fourth-order valence-corrected chi connectivity index (χ4v) is 1.84. The van der Waals surface area contributed by atoms with Crippen LogP contribution < -0.4 is 16.4 Å². The molecule has 2 aromatic heterocycles. The van der Waals surface area contributed by atoms with E-state index in [1.807, 2.05) is 0 Å². The van der Waals surface area contributed by atoms with Crippen LogP contribution in [-0.2, 0) is 13.6 Å². The van der Waals surface area contributed by atoms with Crippen molar-refractivity contribution in [3.63, 3.8) is 0 Å². The topological polar surface area (TPSA) is 98.9 Å². The summed E-state index contributed by atoms with van der Waals surface area (Å²) >= 11 is 0. The molecule has 0 fully saturated rings. The average molecular weight is 303 g/mol. The molecule has 0 radical (unpaired) electrons. The first-order valence-corrected chi connectivity index (χ1v) is 6.75. The van der Waals surface area contributed by atoms with Crippen molar-refractivity contribution in [2.75, 3.05) is 6.54 Å². The number of rotatable bonds is 4. The lowest BCUT2D eigenvalue weighted by atomic mass is 10.3. The maximum atomic E-state index is 12.0. The predicted molar refractivity (Wildman–Crippen MR) is 79.8 cm³/mol. The number of aryl methyl sites for hydroxylation is 2. The third kappa shape index (κ3) is 3.27. The number of nitrogens with one attached hydrogen (secondary N) is 1. The van der Waals surface area contributed by atoms with Gasteiger partial charge in [-0.1, -0.05) is 0 Å². The Hall–Kier alpha value is -2.77. The second-order valence-corrected chi connectivity index (χ2v) is 4.89. The Bertz CT molecular complexity index is 822. The maximum Gasteiger partial charge on any atom is 0.271 e. The van der Waals surface area contributed by atoms with Gasteiger partial charge in [0.05, 0.1) is 6.33 Å². The van der Waals surface area contributed by atoms with Crippen LogP contribution >= 0.6 is 0 Å². The fourth-order valence-electron chi connectivity index (χ4n) is 1.84. The van der Waals surface area contributed by atoms with Gasteiger partial charge in [0.15, 0.2) is 0 Å². The van der Waals surface area contributed by atoms with E-state index < -0.39 is 5.91 Å². The number of carbonyl (C=O) groups is 1. The predicted octanol–water partition coefficient (Wildman–Crippen LogP) is -0.616. The second kappa shape index (κ2) is 6.33. The van der Waals surface area contributed by atoms with Crippen LogP contribution in [0.5, 0.6) is 0 Å². The summed E-state index contributed by atoms with van der Waals surface area (Å²) in [6, 6.07) is 2.64. The molecular weight excluding hydrogens is 286 g/mol. The molecule has 0 aliphatic carbocycles. The molecule has 0 aliphatic heterocycles. The summed E-state index contributed by atoms with van der Waals surface area (Å²) in [6.07, 6.45) is 1.46. The average Bonchev–Trinajstić information content (AvgIpc) is 2.50. The van der Waals surface area contributed by atoms with Crippen LogP contribution in [-0.4, -0.2) is 31.8 Å². The van der Waals surface area contributed by atoms with Gasteiger partial charge in [-0.15, -0.1) is 0 Å². The summed E-state index contributed by atoms with van der Waals surface area (Å²) in [7, 11) is 1.47. The van der Waals surface area contributed by atoms with Gasteiger partial charge in [0.1, 0.15) is 5.69 Å². The Morgan fingerprint density at radius 2 is 2.00 bits per heavy atom. The molecule has 2 aromatic rings. The number of carbonyl (C=O) groups excluding carboxylic acids is 1. The SMILES string of the molecule is Cc1ncn(CCNC(=O)c2ccc(=O)n(C)n2)c(=O)c1C. The Kier molecular flexibility index (Phi) is 4.50. The Labute approximate surface area is 126 Å². The molecule has 2 rings (SSSR count). The van der Waals surface area contributed by atoms with Gasteiger partial charge in [0.2, 0.25) is 0 Å². The number of aromatic nitrogens is 4. The minimum Gasteiger partial charge on any atom is -0.349 e. The minimum atomic E-state index is -0.402. The van der Waals surface area contributed by atoms with E-state index in [-0.39, 0.29) is 23.4 Å². The quantitative estimate of drug-likeness (QED) is 0.812. The molecule has 116 valence electrons. The van der Waals surface area contributed by atoms with E-state index >= 15 is 0 Å². The van der Waals surface area contributed by atoms with Crippen molar-refractivity contribution >= 4 is 5.91 Å². The van der Waals surface area contributed by atoms with Crippen molar-refractivity contribution in [3.05, 3.63) is 56.1 Å². The molecule has 8 nitrogen and oxygen atoms in total. The van der Waals surface area contributed by atoms with Crippen LogP contribution in [0.2, 0.25) is 0 Å². The smallest absolute Gasteiger partial charge is 0.271 e. The molecule has 0 bridgehead atoms. The van der Waals surface area contributed by atoms with Crippen molar-refractivity contribution in [2.24, 2.45) is 7.05 Å². The monoisotopic (exact) mass is 303 g/mol. The van der Waals surface area contributed by atoms with Gasteiger partial charge in [0, 0.05) is 37.5 Å². The zero-order chi connectivity index (χ0) is 16.3. The third-order valence-electron chi connectivity index (χ3n) is 3.35. The molecule has 0 atom stereocenters. The third-order valence-corrected chi connectivity index (χ3v) is 3.35. The summed E-state index contributed by atoms with van der Waals surface area (Å²) in [5, 5.41) is 6.50. The molecular formula is C14H17N5O3. The van der Waals surface area contributed by atoms with Gasteiger partial charge >= 0.3 is 0 Å². The summed E-state index contributed by atoms with van der Waals surface area (Å²) in [4.78, 5) is 39.2. The highest BCUT2D eigenvalue weighted by molar-refractivity contribution is 5.91. The molecule has 8 heteroatoms. The van der Waals surface area contributed by atoms with Gasteiger partial charge in [-0.05, 0) is 19.9 Å². The van der Waals surface area contributed by atoms with E-state index in [9.17, 15) is 14.4 Å². The molecule has 0 saturated carbocycles.